The molecule has 1 aromatic rings. The molecular formula is C31H52O12. The predicted molar refractivity (Wildman–Crippen MR) is 159 cm³/mol. The van der Waals surface area contributed by atoms with Gasteiger partial charge < -0.3 is 47.4 Å². The highest BCUT2D eigenvalue weighted by atomic mass is 16.6. The standard InChI is InChI=1S/C31H52O12/c1-3-28(2)27-42-24-23-40-20-19-38-16-15-36-12-11-34-9-10-35-13-14-37-17-18-39-21-22-41-25-26-43-31(33)30(32)29-7-5-4-6-8-29/h4-8,28H,3,9-27H2,1-2H3. The Morgan fingerprint density at radius 3 is 1.19 bits per heavy atom. The first-order valence-electron chi connectivity index (χ1n) is 15.1. The van der Waals surface area contributed by atoms with Crippen molar-refractivity contribution in [1.82, 2.24) is 0 Å². The van der Waals surface area contributed by atoms with Gasteiger partial charge in [0.1, 0.15) is 6.61 Å². The fraction of sp³-hybridized carbons (Fsp3) is 0.742. The molecule has 0 aromatic heterocycles. The zero-order chi connectivity index (χ0) is 31.1. The summed E-state index contributed by atoms with van der Waals surface area (Å²) in [4.78, 5) is 23.6. The average molecular weight is 617 g/mol. The summed E-state index contributed by atoms with van der Waals surface area (Å²) in [6.45, 7) is 13.2. The fourth-order valence-electron chi connectivity index (χ4n) is 3.13. The van der Waals surface area contributed by atoms with Crippen LogP contribution in [-0.2, 0) is 52.2 Å². The molecule has 248 valence electrons. The monoisotopic (exact) mass is 616 g/mol. The molecule has 1 unspecified atom stereocenters. The van der Waals surface area contributed by atoms with Gasteiger partial charge in [-0.25, -0.2) is 4.79 Å². The number of ether oxygens (including phenoxy) is 10. The SMILES string of the molecule is CCC(C)COCCOCCOCCOCCOCCOCCOCCOCCOCCOC(=O)C(=O)c1ccccc1. The van der Waals surface area contributed by atoms with Crippen molar-refractivity contribution in [2.24, 2.45) is 5.92 Å². The van der Waals surface area contributed by atoms with Crippen LogP contribution in [0.25, 0.3) is 0 Å². The van der Waals surface area contributed by atoms with Gasteiger partial charge >= 0.3 is 5.97 Å². The first-order valence-corrected chi connectivity index (χ1v) is 15.1. The summed E-state index contributed by atoms with van der Waals surface area (Å²) in [7, 11) is 0. The molecule has 0 spiro atoms. The molecule has 0 heterocycles. The number of carbonyl (C=O) groups is 2. The normalized spacial score (nSPS) is 12.0. The number of hydrogen-bond acceptors (Lipinski definition) is 12. The molecule has 0 saturated heterocycles. The van der Waals surface area contributed by atoms with E-state index in [0.717, 1.165) is 13.0 Å². The Morgan fingerprint density at radius 1 is 0.512 bits per heavy atom. The summed E-state index contributed by atoms with van der Waals surface area (Å²) in [6.07, 6.45) is 1.13. The Hall–Kier alpha value is -2.00. The van der Waals surface area contributed by atoms with E-state index in [4.69, 9.17) is 47.4 Å². The molecule has 0 amide bonds. The van der Waals surface area contributed by atoms with Crippen molar-refractivity contribution in [3.05, 3.63) is 35.9 Å². The highest BCUT2D eigenvalue weighted by molar-refractivity contribution is 6.40. The van der Waals surface area contributed by atoms with Gasteiger partial charge in [-0.1, -0.05) is 50.6 Å². The lowest BCUT2D eigenvalue weighted by atomic mass is 10.1. The lowest BCUT2D eigenvalue weighted by Gasteiger charge is -2.10. The molecule has 1 rings (SSSR count). The maximum Gasteiger partial charge on any atom is 0.379 e. The van der Waals surface area contributed by atoms with E-state index in [9.17, 15) is 9.59 Å². The zero-order valence-electron chi connectivity index (χ0n) is 26.0. The third kappa shape index (κ3) is 25.1. The van der Waals surface area contributed by atoms with Crippen molar-refractivity contribution in [1.29, 1.82) is 0 Å². The Labute approximate surface area is 256 Å². The van der Waals surface area contributed by atoms with E-state index in [2.05, 4.69) is 13.8 Å². The average Bonchev–Trinajstić information content (AvgIpc) is 3.03. The molecule has 0 aliphatic heterocycles. The van der Waals surface area contributed by atoms with E-state index >= 15 is 0 Å². The van der Waals surface area contributed by atoms with E-state index < -0.39 is 11.8 Å². The Bertz CT molecular complexity index is 764. The van der Waals surface area contributed by atoms with Gasteiger partial charge in [0.2, 0.25) is 0 Å². The highest BCUT2D eigenvalue weighted by Gasteiger charge is 2.17. The summed E-state index contributed by atoms with van der Waals surface area (Å²) in [6, 6.07) is 8.27. The zero-order valence-corrected chi connectivity index (χ0v) is 26.0. The molecular weight excluding hydrogens is 564 g/mol. The topological polar surface area (TPSA) is 126 Å². The number of rotatable bonds is 32. The molecule has 0 bridgehead atoms. The van der Waals surface area contributed by atoms with Gasteiger partial charge in [-0.2, -0.15) is 0 Å². The summed E-state index contributed by atoms with van der Waals surface area (Å²) in [5, 5.41) is 0. The number of hydrogen-bond donors (Lipinski definition) is 0. The van der Waals surface area contributed by atoms with Crippen LogP contribution in [0.2, 0.25) is 0 Å². The van der Waals surface area contributed by atoms with E-state index in [1.165, 1.54) is 0 Å². The molecule has 0 N–H and O–H groups in total. The van der Waals surface area contributed by atoms with Crippen molar-refractivity contribution in [3.63, 3.8) is 0 Å². The molecule has 0 fully saturated rings. The quantitative estimate of drug-likeness (QED) is 0.0511. The second kappa shape index (κ2) is 30.0. The maximum absolute atomic E-state index is 11.9. The van der Waals surface area contributed by atoms with Crippen LogP contribution in [-0.4, -0.2) is 137 Å². The Morgan fingerprint density at radius 2 is 0.837 bits per heavy atom. The van der Waals surface area contributed by atoms with Crippen LogP contribution < -0.4 is 0 Å². The van der Waals surface area contributed by atoms with Gasteiger partial charge in [0.25, 0.3) is 5.78 Å². The summed E-state index contributed by atoms with van der Waals surface area (Å²) < 4.78 is 53.9. The molecule has 12 nitrogen and oxygen atoms in total. The van der Waals surface area contributed by atoms with Gasteiger partial charge in [0.15, 0.2) is 0 Å². The predicted octanol–water partition coefficient (Wildman–Crippen LogP) is 2.61. The van der Waals surface area contributed by atoms with Crippen molar-refractivity contribution < 1.29 is 57.0 Å². The minimum atomic E-state index is -0.894. The smallest absolute Gasteiger partial charge is 0.379 e. The fourth-order valence-corrected chi connectivity index (χ4v) is 3.13. The number of Topliss-reactive ketones (excluding diaryl/α,β-unsaturated/α-hetero) is 1. The van der Waals surface area contributed by atoms with Gasteiger partial charge in [-0.3, -0.25) is 4.79 Å². The molecule has 12 heteroatoms. The van der Waals surface area contributed by atoms with E-state index in [0.29, 0.717) is 117 Å². The number of carbonyl (C=O) groups excluding carboxylic acids is 2. The third-order valence-corrected chi connectivity index (χ3v) is 5.76. The molecule has 43 heavy (non-hydrogen) atoms. The van der Waals surface area contributed by atoms with Crippen LogP contribution in [0.1, 0.15) is 30.6 Å². The minimum Gasteiger partial charge on any atom is -0.457 e. The highest BCUT2D eigenvalue weighted by Crippen LogP contribution is 2.02. The van der Waals surface area contributed by atoms with Crippen LogP contribution in [0, 0.1) is 5.92 Å². The largest absolute Gasteiger partial charge is 0.457 e. The van der Waals surface area contributed by atoms with Crippen molar-refractivity contribution in [2.75, 3.05) is 126 Å². The van der Waals surface area contributed by atoms with Gasteiger partial charge in [0, 0.05) is 12.2 Å². The molecule has 1 aromatic carbocycles. The number of esters is 1. The molecule has 0 radical (unpaired) electrons. The van der Waals surface area contributed by atoms with Gasteiger partial charge in [-0.15, -0.1) is 0 Å². The van der Waals surface area contributed by atoms with E-state index in [-0.39, 0.29) is 13.2 Å². The Kier molecular flexibility index (Phi) is 27.3. The first kappa shape index (κ1) is 39.0. The van der Waals surface area contributed by atoms with Crippen LogP contribution in [0.4, 0.5) is 0 Å². The Balaban J connectivity index is 1.68. The van der Waals surface area contributed by atoms with Crippen molar-refractivity contribution in [3.8, 4) is 0 Å². The van der Waals surface area contributed by atoms with Gasteiger partial charge in [-0.05, 0) is 5.92 Å². The molecule has 1 atom stereocenters. The van der Waals surface area contributed by atoms with Crippen LogP contribution in [0.5, 0.6) is 0 Å². The van der Waals surface area contributed by atoms with Crippen LogP contribution in [0.15, 0.2) is 30.3 Å². The lowest BCUT2D eigenvalue weighted by Crippen LogP contribution is -2.20. The van der Waals surface area contributed by atoms with E-state index in [1.807, 2.05) is 0 Å². The number of ketones is 1. The third-order valence-electron chi connectivity index (χ3n) is 5.76. The van der Waals surface area contributed by atoms with Crippen molar-refractivity contribution >= 4 is 11.8 Å². The second-order valence-electron chi connectivity index (χ2n) is 9.32. The van der Waals surface area contributed by atoms with Gasteiger partial charge in [0.05, 0.1) is 112 Å². The molecule has 0 aliphatic rings. The second-order valence-corrected chi connectivity index (χ2v) is 9.32. The number of benzene rings is 1. The summed E-state index contributed by atoms with van der Waals surface area (Å²) in [5.74, 6) is -0.976. The first-order chi connectivity index (χ1) is 21.1. The lowest BCUT2D eigenvalue weighted by molar-refractivity contribution is -0.139. The van der Waals surface area contributed by atoms with E-state index in [1.54, 1.807) is 30.3 Å². The molecule has 0 saturated carbocycles. The van der Waals surface area contributed by atoms with Crippen molar-refractivity contribution in [2.45, 2.75) is 20.3 Å². The summed E-state index contributed by atoms with van der Waals surface area (Å²) >= 11 is 0. The van der Waals surface area contributed by atoms with Crippen LogP contribution in [0.3, 0.4) is 0 Å². The van der Waals surface area contributed by atoms with Crippen LogP contribution >= 0.6 is 0 Å². The minimum absolute atomic E-state index is 0.00160. The maximum atomic E-state index is 11.9. The molecule has 0 aliphatic carbocycles. The summed E-state index contributed by atoms with van der Waals surface area (Å²) in [5.41, 5.74) is 0.298.